The van der Waals surface area contributed by atoms with E-state index < -0.39 is 6.29 Å². The largest absolute Gasteiger partial charge is 0.341 e. The minimum absolute atomic E-state index is 0.166. The molecular formula is C14H11Cl2O2. The van der Waals surface area contributed by atoms with Crippen LogP contribution in [0.2, 0.25) is 10.0 Å². The van der Waals surface area contributed by atoms with E-state index in [-0.39, 0.29) is 6.61 Å². The highest BCUT2D eigenvalue weighted by molar-refractivity contribution is 6.31. The predicted octanol–water partition coefficient (Wildman–Crippen LogP) is 4.64. The Labute approximate surface area is 116 Å². The molecule has 2 aromatic rings. The van der Waals surface area contributed by atoms with Crippen LogP contribution in [-0.2, 0) is 16.5 Å². The van der Waals surface area contributed by atoms with Crippen molar-refractivity contribution in [3.63, 3.8) is 0 Å². The molecule has 0 aliphatic heterocycles. The lowest BCUT2D eigenvalue weighted by Crippen LogP contribution is -2.03. The van der Waals surface area contributed by atoms with Crippen LogP contribution in [0.5, 0.6) is 0 Å². The third-order valence-corrected chi connectivity index (χ3v) is 3.22. The highest BCUT2D eigenvalue weighted by atomic mass is 35.5. The topological polar surface area (TPSA) is 29.1 Å². The molecule has 0 bridgehead atoms. The molecule has 4 heteroatoms. The SMILES string of the molecule is [O]C(OCc1ccccc1Cl)c1ccccc1Cl. The van der Waals surface area contributed by atoms with E-state index >= 15 is 0 Å². The zero-order valence-corrected chi connectivity index (χ0v) is 11.0. The maximum Gasteiger partial charge on any atom is 0.219 e. The van der Waals surface area contributed by atoms with Gasteiger partial charge in [-0.15, -0.1) is 0 Å². The molecule has 1 radical (unpaired) electrons. The third kappa shape index (κ3) is 3.24. The summed E-state index contributed by atoms with van der Waals surface area (Å²) in [5, 5.41) is 12.9. The van der Waals surface area contributed by atoms with Gasteiger partial charge in [0.15, 0.2) is 0 Å². The fourth-order valence-corrected chi connectivity index (χ4v) is 1.95. The van der Waals surface area contributed by atoms with E-state index in [1.54, 1.807) is 30.3 Å². The summed E-state index contributed by atoms with van der Waals surface area (Å²) in [4.78, 5) is 0. The Hall–Kier alpha value is -1.06. The summed E-state index contributed by atoms with van der Waals surface area (Å²) in [5.74, 6) is 0. The zero-order valence-electron chi connectivity index (χ0n) is 9.48. The number of rotatable bonds is 4. The van der Waals surface area contributed by atoms with Gasteiger partial charge in [0, 0.05) is 15.6 Å². The van der Waals surface area contributed by atoms with E-state index in [1.165, 1.54) is 0 Å². The van der Waals surface area contributed by atoms with Gasteiger partial charge in [-0.05, 0) is 17.7 Å². The van der Waals surface area contributed by atoms with Gasteiger partial charge in [0.25, 0.3) is 0 Å². The first-order chi connectivity index (χ1) is 8.68. The van der Waals surface area contributed by atoms with Crippen LogP contribution in [0.3, 0.4) is 0 Å². The van der Waals surface area contributed by atoms with Crippen molar-refractivity contribution in [2.45, 2.75) is 12.9 Å². The molecule has 0 aliphatic carbocycles. The number of ether oxygens (including phenoxy) is 1. The van der Waals surface area contributed by atoms with Crippen LogP contribution in [-0.4, -0.2) is 0 Å². The van der Waals surface area contributed by atoms with Crippen molar-refractivity contribution < 1.29 is 9.84 Å². The Morgan fingerprint density at radius 1 is 0.944 bits per heavy atom. The second-order valence-corrected chi connectivity index (χ2v) is 4.57. The molecule has 2 rings (SSSR count). The summed E-state index contributed by atoms with van der Waals surface area (Å²) in [6.45, 7) is 0.166. The Bertz CT molecular complexity index is 529. The molecule has 1 atom stereocenters. The fraction of sp³-hybridized carbons (Fsp3) is 0.143. The molecule has 0 spiro atoms. The average Bonchev–Trinajstić information content (AvgIpc) is 2.38. The van der Waals surface area contributed by atoms with Crippen LogP contribution < -0.4 is 0 Å². The number of hydrogen-bond acceptors (Lipinski definition) is 1. The lowest BCUT2D eigenvalue weighted by Gasteiger charge is -2.12. The molecule has 0 aromatic heterocycles. The average molecular weight is 282 g/mol. The quantitative estimate of drug-likeness (QED) is 0.751. The summed E-state index contributed by atoms with van der Waals surface area (Å²) in [5.41, 5.74) is 1.22. The lowest BCUT2D eigenvalue weighted by atomic mass is 10.2. The number of hydrogen-bond donors (Lipinski definition) is 0. The van der Waals surface area contributed by atoms with Crippen molar-refractivity contribution in [3.05, 3.63) is 69.7 Å². The van der Waals surface area contributed by atoms with Crippen molar-refractivity contribution in [1.82, 2.24) is 0 Å². The Morgan fingerprint density at radius 2 is 1.56 bits per heavy atom. The molecule has 0 saturated heterocycles. The maximum atomic E-state index is 11.9. The molecule has 0 amide bonds. The van der Waals surface area contributed by atoms with Crippen LogP contribution in [0, 0.1) is 0 Å². The number of halogens is 2. The summed E-state index contributed by atoms with van der Waals surface area (Å²) in [6, 6.07) is 14.1. The molecule has 1 unspecified atom stereocenters. The van der Waals surface area contributed by atoms with Crippen molar-refractivity contribution in [3.8, 4) is 0 Å². The van der Waals surface area contributed by atoms with E-state index in [1.807, 2.05) is 18.2 Å². The Balaban J connectivity index is 2.03. The van der Waals surface area contributed by atoms with Crippen LogP contribution in [0.15, 0.2) is 48.5 Å². The number of benzene rings is 2. The standard InChI is InChI=1S/C14H11Cl2O2/c15-12-7-3-1-5-10(12)9-18-14(17)11-6-2-4-8-13(11)16/h1-8,14H,9H2. The molecule has 18 heavy (non-hydrogen) atoms. The van der Waals surface area contributed by atoms with E-state index in [0.717, 1.165) is 5.56 Å². The third-order valence-electron chi connectivity index (χ3n) is 2.51. The smallest absolute Gasteiger partial charge is 0.219 e. The minimum atomic E-state index is -1.31. The van der Waals surface area contributed by atoms with E-state index in [2.05, 4.69) is 0 Å². The fourth-order valence-electron chi connectivity index (χ4n) is 1.54. The molecule has 2 aromatic carbocycles. The van der Waals surface area contributed by atoms with Crippen molar-refractivity contribution in [1.29, 1.82) is 0 Å². The van der Waals surface area contributed by atoms with Crippen LogP contribution in [0.25, 0.3) is 0 Å². The molecule has 93 valence electrons. The normalized spacial score (nSPS) is 12.4. The van der Waals surface area contributed by atoms with Crippen LogP contribution in [0.1, 0.15) is 17.4 Å². The van der Waals surface area contributed by atoms with E-state index in [9.17, 15) is 5.11 Å². The van der Waals surface area contributed by atoms with Gasteiger partial charge in [-0.3, -0.25) is 0 Å². The Kier molecular flexibility index (Phi) is 4.61. The van der Waals surface area contributed by atoms with Gasteiger partial charge in [-0.25, -0.2) is 0 Å². The van der Waals surface area contributed by atoms with Crippen LogP contribution in [0.4, 0.5) is 0 Å². The molecule has 0 saturated carbocycles. The van der Waals surface area contributed by atoms with Crippen molar-refractivity contribution >= 4 is 23.2 Å². The molecule has 2 nitrogen and oxygen atoms in total. The van der Waals surface area contributed by atoms with Gasteiger partial charge in [0.05, 0.1) is 6.61 Å². The monoisotopic (exact) mass is 281 g/mol. The van der Waals surface area contributed by atoms with Gasteiger partial charge in [0.2, 0.25) is 6.29 Å². The second kappa shape index (κ2) is 6.21. The van der Waals surface area contributed by atoms with E-state index in [4.69, 9.17) is 27.9 Å². The lowest BCUT2D eigenvalue weighted by molar-refractivity contribution is -0.152. The van der Waals surface area contributed by atoms with Gasteiger partial charge >= 0.3 is 0 Å². The van der Waals surface area contributed by atoms with E-state index in [0.29, 0.717) is 15.6 Å². The highest BCUT2D eigenvalue weighted by Crippen LogP contribution is 2.25. The molecule has 0 heterocycles. The predicted molar refractivity (Wildman–Crippen MR) is 71.1 cm³/mol. The first kappa shape index (κ1) is 13.4. The minimum Gasteiger partial charge on any atom is -0.341 e. The maximum absolute atomic E-state index is 11.9. The summed E-state index contributed by atoms with van der Waals surface area (Å²) in [7, 11) is 0. The molecule has 0 fully saturated rings. The van der Waals surface area contributed by atoms with Gasteiger partial charge in [0.1, 0.15) is 0 Å². The van der Waals surface area contributed by atoms with Gasteiger partial charge < -0.3 is 4.74 Å². The highest BCUT2D eigenvalue weighted by Gasteiger charge is 2.13. The first-order valence-corrected chi connectivity index (χ1v) is 6.19. The van der Waals surface area contributed by atoms with Crippen molar-refractivity contribution in [2.75, 3.05) is 0 Å². The molecular weight excluding hydrogens is 271 g/mol. The molecule has 0 aliphatic rings. The summed E-state index contributed by atoms with van der Waals surface area (Å²) in [6.07, 6.45) is -1.31. The van der Waals surface area contributed by atoms with Crippen molar-refractivity contribution in [2.24, 2.45) is 0 Å². The Morgan fingerprint density at radius 3 is 2.22 bits per heavy atom. The van der Waals surface area contributed by atoms with Gasteiger partial charge in [-0.2, -0.15) is 5.11 Å². The first-order valence-electron chi connectivity index (χ1n) is 5.43. The summed E-state index contributed by atoms with van der Waals surface area (Å²) >= 11 is 11.9. The van der Waals surface area contributed by atoms with Crippen LogP contribution >= 0.6 is 23.2 Å². The summed E-state index contributed by atoms with van der Waals surface area (Å²) < 4.78 is 5.25. The van der Waals surface area contributed by atoms with Gasteiger partial charge in [-0.1, -0.05) is 59.6 Å². The molecule has 0 N–H and O–H groups in total. The zero-order chi connectivity index (χ0) is 13.0. The second-order valence-electron chi connectivity index (χ2n) is 3.76.